The summed E-state index contributed by atoms with van der Waals surface area (Å²) in [5, 5.41) is 2.65. The first-order valence-corrected chi connectivity index (χ1v) is 8.62. The van der Waals surface area contributed by atoms with Gasteiger partial charge in [-0.2, -0.15) is 17.7 Å². The van der Waals surface area contributed by atoms with Gasteiger partial charge in [0, 0.05) is 24.7 Å². The molecule has 3 rings (SSSR count). The molecule has 0 spiro atoms. The summed E-state index contributed by atoms with van der Waals surface area (Å²) in [6.45, 7) is 4.01. The zero-order valence-corrected chi connectivity index (χ0v) is 16.1. The molecule has 0 radical (unpaired) electrons. The number of anilines is 2. The fraction of sp³-hybridized carbons (Fsp3) is 0.368. The minimum Gasteiger partial charge on any atom is -1.00 e. The molecule has 1 aliphatic heterocycles. The van der Waals surface area contributed by atoms with Crippen LogP contribution in [0.1, 0.15) is 11.1 Å². The summed E-state index contributed by atoms with van der Waals surface area (Å²) in [4.78, 5) is 14.3. The first kappa shape index (κ1) is 22.0. The van der Waals surface area contributed by atoms with Crippen LogP contribution in [0.15, 0.2) is 42.7 Å². The lowest BCUT2D eigenvalue weighted by atomic mass is 10.1. The topological polar surface area (TPSA) is 45.5 Å². The molecule has 0 saturated carbocycles. The third-order valence-electron chi connectivity index (χ3n) is 4.28. The number of rotatable bonds is 4. The molecule has 0 aliphatic carbocycles. The molecule has 152 valence electrons. The van der Waals surface area contributed by atoms with Crippen molar-refractivity contribution in [2.45, 2.75) is 19.6 Å². The molecular formula is C19H21ClF3N3O2. The zero-order chi connectivity index (χ0) is 19.4. The average Bonchev–Trinajstić information content (AvgIpc) is 2.61. The van der Waals surface area contributed by atoms with Gasteiger partial charge in [0.1, 0.15) is 0 Å². The quantitative estimate of drug-likeness (QED) is 0.702. The monoisotopic (exact) mass is 415 g/mol. The van der Waals surface area contributed by atoms with Crippen LogP contribution < -0.4 is 27.2 Å². The third kappa shape index (κ3) is 5.59. The second-order valence-electron chi connectivity index (χ2n) is 6.43. The molecule has 1 aromatic heterocycles. The van der Waals surface area contributed by atoms with Crippen LogP contribution >= 0.6 is 0 Å². The Morgan fingerprint density at radius 2 is 1.96 bits per heavy atom. The van der Waals surface area contributed by atoms with Crippen LogP contribution in [0, 0.1) is 6.92 Å². The zero-order valence-electron chi connectivity index (χ0n) is 15.3. The van der Waals surface area contributed by atoms with Crippen molar-refractivity contribution >= 4 is 17.3 Å². The summed E-state index contributed by atoms with van der Waals surface area (Å²) in [6.07, 6.45) is -0.940. The summed E-state index contributed by atoms with van der Waals surface area (Å²) in [7, 11) is 0. The lowest BCUT2D eigenvalue weighted by molar-refractivity contribution is -0.684. The van der Waals surface area contributed by atoms with Crippen molar-refractivity contribution in [3.8, 4) is 0 Å². The molecule has 5 nitrogen and oxygen atoms in total. The third-order valence-corrected chi connectivity index (χ3v) is 4.28. The van der Waals surface area contributed by atoms with Gasteiger partial charge in [-0.1, -0.05) is 0 Å². The Kier molecular flexibility index (Phi) is 7.26. The van der Waals surface area contributed by atoms with E-state index in [9.17, 15) is 18.0 Å². The van der Waals surface area contributed by atoms with Crippen LogP contribution in [0.25, 0.3) is 0 Å². The van der Waals surface area contributed by atoms with Crippen LogP contribution in [0.3, 0.4) is 0 Å². The van der Waals surface area contributed by atoms with E-state index in [4.69, 9.17) is 4.74 Å². The minimum atomic E-state index is -4.48. The van der Waals surface area contributed by atoms with E-state index < -0.39 is 11.7 Å². The van der Waals surface area contributed by atoms with Gasteiger partial charge in [-0.3, -0.25) is 4.79 Å². The number of benzene rings is 1. The van der Waals surface area contributed by atoms with Crippen molar-refractivity contribution in [1.29, 1.82) is 0 Å². The molecule has 1 saturated heterocycles. The summed E-state index contributed by atoms with van der Waals surface area (Å²) >= 11 is 0. The number of ether oxygens (including phenoxy) is 1. The Labute approximate surface area is 167 Å². The predicted octanol–water partition coefficient (Wildman–Crippen LogP) is -0.219. The van der Waals surface area contributed by atoms with Crippen LogP contribution in [0.4, 0.5) is 24.5 Å². The van der Waals surface area contributed by atoms with E-state index in [2.05, 4.69) is 5.32 Å². The number of amides is 1. The van der Waals surface area contributed by atoms with E-state index in [1.54, 1.807) is 17.0 Å². The first-order chi connectivity index (χ1) is 12.8. The second kappa shape index (κ2) is 9.25. The van der Waals surface area contributed by atoms with Crippen molar-refractivity contribution in [2.75, 3.05) is 36.5 Å². The van der Waals surface area contributed by atoms with Gasteiger partial charge in [-0.25, -0.2) is 0 Å². The molecule has 1 aliphatic rings. The van der Waals surface area contributed by atoms with E-state index in [0.717, 1.165) is 17.7 Å². The van der Waals surface area contributed by atoms with Crippen molar-refractivity contribution < 1.29 is 39.7 Å². The van der Waals surface area contributed by atoms with E-state index >= 15 is 0 Å². The molecule has 0 unspecified atom stereocenters. The van der Waals surface area contributed by atoms with Gasteiger partial charge in [-0.05, 0) is 31.2 Å². The lowest BCUT2D eigenvalue weighted by Gasteiger charge is -2.30. The lowest BCUT2D eigenvalue weighted by Crippen LogP contribution is -3.00. The van der Waals surface area contributed by atoms with Crippen LogP contribution in [-0.2, 0) is 22.3 Å². The summed E-state index contributed by atoms with van der Waals surface area (Å²) < 4.78 is 46.3. The number of halogens is 4. The van der Waals surface area contributed by atoms with E-state index in [0.29, 0.717) is 32.0 Å². The van der Waals surface area contributed by atoms with Crippen LogP contribution in [0.2, 0.25) is 0 Å². The average molecular weight is 416 g/mol. The number of aryl methyl sites for hydroxylation is 1. The molecule has 1 fully saturated rings. The van der Waals surface area contributed by atoms with Gasteiger partial charge in [0.25, 0.3) is 5.91 Å². The van der Waals surface area contributed by atoms with Crippen molar-refractivity contribution in [2.24, 2.45) is 0 Å². The molecule has 1 N–H and O–H groups in total. The number of pyridine rings is 1. The number of aromatic nitrogens is 1. The van der Waals surface area contributed by atoms with Crippen LogP contribution in [0.5, 0.6) is 0 Å². The van der Waals surface area contributed by atoms with Gasteiger partial charge < -0.3 is 27.4 Å². The fourth-order valence-corrected chi connectivity index (χ4v) is 3.00. The van der Waals surface area contributed by atoms with Crippen molar-refractivity contribution in [1.82, 2.24) is 0 Å². The summed E-state index contributed by atoms with van der Waals surface area (Å²) in [6, 6.07) is 7.15. The van der Waals surface area contributed by atoms with E-state index in [-0.39, 0.29) is 30.5 Å². The molecule has 0 atom stereocenters. The molecule has 2 heterocycles. The number of morpholine rings is 1. The number of hydrogen-bond donors (Lipinski definition) is 1. The molecule has 1 aromatic carbocycles. The van der Waals surface area contributed by atoms with Crippen LogP contribution in [-0.4, -0.2) is 32.2 Å². The molecule has 2 aromatic rings. The Morgan fingerprint density at radius 1 is 1.25 bits per heavy atom. The highest BCUT2D eigenvalue weighted by atomic mass is 35.5. The van der Waals surface area contributed by atoms with Crippen molar-refractivity contribution in [3.05, 3.63) is 53.9 Å². The Bertz CT molecular complexity index is 824. The standard InChI is InChI=1S/C19H20F3N3O2.ClH/c1-14-3-2-6-24(12-14)13-18(26)23-16-11-15(19(20,21)22)4-5-17(16)25-7-9-27-10-8-25;/h2-6,11-12H,7-10,13H2,1H3;1H. The normalized spacial score (nSPS) is 14.4. The summed E-state index contributed by atoms with van der Waals surface area (Å²) in [5.74, 6) is -0.389. The van der Waals surface area contributed by atoms with Gasteiger partial charge in [0.15, 0.2) is 12.4 Å². The summed E-state index contributed by atoms with van der Waals surface area (Å²) in [5.41, 5.74) is 0.912. The highest BCUT2D eigenvalue weighted by Gasteiger charge is 2.32. The van der Waals surface area contributed by atoms with E-state index in [1.165, 1.54) is 6.07 Å². The maximum Gasteiger partial charge on any atom is 0.416 e. The minimum absolute atomic E-state index is 0. The number of alkyl halides is 3. The SMILES string of the molecule is Cc1ccc[n+](CC(=O)Nc2cc(C(F)(F)F)ccc2N2CCOCC2)c1.[Cl-]. The number of nitrogens with zero attached hydrogens (tertiary/aromatic N) is 2. The van der Waals surface area contributed by atoms with Gasteiger partial charge >= 0.3 is 6.18 Å². The van der Waals surface area contributed by atoms with Gasteiger partial charge in [0.2, 0.25) is 6.54 Å². The predicted molar refractivity (Wildman–Crippen MR) is 94.5 cm³/mol. The molecule has 1 amide bonds. The Morgan fingerprint density at radius 3 is 2.61 bits per heavy atom. The number of carbonyl (C=O) groups is 1. The van der Waals surface area contributed by atoms with Crippen molar-refractivity contribution in [3.63, 3.8) is 0 Å². The first-order valence-electron chi connectivity index (χ1n) is 8.62. The fourth-order valence-electron chi connectivity index (χ4n) is 3.00. The molecule has 9 heteroatoms. The number of hydrogen-bond acceptors (Lipinski definition) is 3. The molecule has 28 heavy (non-hydrogen) atoms. The maximum atomic E-state index is 13.1. The maximum absolute atomic E-state index is 13.1. The number of nitrogens with one attached hydrogen (secondary N) is 1. The smallest absolute Gasteiger partial charge is 0.416 e. The molecular weight excluding hydrogens is 395 g/mol. The largest absolute Gasteiger partial charge is 1.00 e. The second-order valence-corrected chi connectivity index (χ2v) is 6.43. The Balaban J connectivity index is 0.00000280. The highest BCUT2D eigenvalue weighted by molar-refractivity contribution is 5.93. The highest BCUT2D eigenvalue weighted by Crippen LogP contribution is 2.35. The van der Waals surface area contributed by atoms with E-state index in [1.807, 2.05) is 24.0 Å². The number of carbonyl (C=O) groups excluding carboxylic acids is 1. The molecule has 0 bridgehead atoms. The Hall–Kier alpha value is -2.32. The van der Waals surface area contributed by atoms with Gasteiger partial charge in [0.05, 0.1) is 30.2 Å². The van der Waals surface area contributed by atoms with Gasteiger partial charge in [-0.15, -0.1) is 0 Å².